The highest BCUT2D eigenvalue weighted by Gasteiger charge is 2.16. The molecule has 0 unspecified atom stereocenters. The maximum Gasteiger partial charge on any atom is 0.340 e. The van der Waals surface area contributed by atoms with Crippen molar-refractivity contribution in [3.63, 3.8) is 0 Å². The molecule has 0 aliphatic heterocycles. The fourth-order valence-corrected chi connectivity index (χ4v) is 3.26. The molecule has 1 heterocycles. The van der Waals surface area contributed by atoms with Crippen LogP contribution in [0.1, 0.15) is 15.2 Å². The highest BCUT2D eigenvalue weighted by Crippen LogP contribution is 2.30. The fourth-order valence-electron chi connectivity index (χ4n) is 1.88. The summed E-state index contributed by atoms with van der Waals surface area (Å²) >= 11 is 13.6. The van der Waals surface area contributed by atoms with Gasteiger partial charge < -0.3 is 15.8 Å². The normalized spacial score (nSPS) is 10.4. The molecule has 0 aliphatic carbocycles. The van der Waals surface area contributed by atoms with Crippen LogP contribution < -0.4 is 11.1 Å². The van der Waals surface area contributed by atoms with Crippen LogP contribution in [0, 0.1) is 0 Å². The van der Waals surface area contributed by atoms with Gasteiger partial charge in [-0.1, -0.05) is 23.2 Å². The van der Waals surface area contributed by atoms with E-state index in [4.69, 9.17) is 33.7 Å². The number of halogens is 2. The van der Waals surface area contributed by atoms with Crippen LogP contribution in [0.5, 0.6) is 0 Å². The van der Waals surface area contributed by atoms with Gasteiger partial charge in [0.25, 0.3) is 0 Å². The molecule has 3 N–H and O–H groups in total. The van der Waals surface area contributed by atoms with E-state index in [2.05, 4.69) is 5.32 Å². The monoisotopic (exact) mass is 344 g/mol. The van der Waals surface area contributed by atoms with Crippen LogP contribution in [0.15, 0.2) is 24.3 Å². The number of nitrogens with two attached hydrogens (primary N) is 1. The average molecular weight is 345 g/mol. The Labute approximate surface area is 136 Å². The van der Waals surface area contributed by atoms with E-state index in [1.807, 2.05) is 12.1 Å². The van der Waals surface area contributed by atoms with Crippen molar-refractivity contribution in [2.75, 3.05) is 24.7 Å². The molecule has 1 aromatic carbocycles. The zero-order chi connectivity index (χ0) is 15.4. The molecular formula is C14H14Cl2N2O2S. The van der Waals surface area contributed by atoms with Crippen LogP contribution in [0.25, 0.3) is 0 Å². The van der Waals surface area contributed by atoms with Gasteiger partial charge in [0, 0.05) is 17.1 Å². The van der Waals surface area contributed by atoms with Crippen LogP contribution in [-0.4, -0.2) is 19.6 Å². The number of thiophene rings is 1. The lowest BCUT2D eigenvalue weighted by molar-refractivity contribution is 0.0602. The van der Waals surface area contributed by atoms with Crippen LogP contribution in [-0.2, 0) is 11.2 Å². The maximum atomic E-state index is 11.8. The molecule has 0 fully saturated rings. The number of nitrogen functional groups attached to an aromatic ring is 1. The van der Waals surface area contributed by atoms with Gasteiger partial charge in [0.2, 0.25) is 0 Å². The van der Waals surface area contributed by atoms with Gasteiger partial charge in [-0.3, -0.25) is 0 Å². The van der Waals surface area contributed by atoms with Gasteiger partial charge in [-0.25, -0.2) is 4.79 Å². The van der Waals surface area contributed by atoms with E-state index in [9.17, 15) is 4.79 Å². The first-order chi connectivity index (χ1) is 10.0. The molecule has 0 saturated heterocycles. The molecule has 112 valence electrons. The predicted molar refractivity (Wildman–Crippen MR) is 88.7 cm³/mol. The first-order valence-corrected chi connectivity index (χ1v) is 7.74. The summed E-state index contributed by atoms with van der Waals surface area (Å²) in [6.45, 7) is 0.616. The van der Waals surface area contributed by atoms with Gasteiger partial charge in [-0.15, -0.1) is 11.3 Å². The van der Waals surface area contributed by atoms with Crippen LogP contribution in [0.3, 0.4) is 0 Å². The topological polar surface area (TPSA) is 64.3 Å². The van der Waals surface area contributed by atoms with Crippen molar-refractivity contribution in [1.29, 1.82) is 0 Å². The summed E-state index contributed by atoms with van der Waals surface area (Å²) in [5.41, 5.74) is 6.98. The number of nitrogens with one attached hydrogen (secondary N) is 1. The SMILES string of the molecule is COC(=O)c1cc(N)cc(Cl)c1NCCc1ccc(Cl)s1. The van der Waals surface area contributed by atoms with Crippen molar-refractivity contribution < 1.29 is 9.53 Å². The number of anilines is 2. The van der Waals surface area contributed by atoms with E-state index in [1.54, 1.807) is 12.1 Å². The Kier molecular flexibility index (Phi) is 5.33. The van der Waals surface area contributed by atoms with E-state index in [1.165, 1.54) is 18.4 Å². The lowest BCUT2D eigenvalue weighted by Gasteiger charge is -2.13. The number of carbonyl (C=O) groups is 1. The van der Waals surface area contributed by atoms with Crippen molar-refractivity contribution >= 4 is 51.9 Å². The molecule has 4 nitrogen and oxygen atoms in total. The minimum Gasteiger partial charge on any atom is -0.465 e. The zero-order valence-corrected chi connectivity index (χ0v) is 13.6. The molecule has 1 aromatic heterocycles. The van der Waals surface area contributed by atoms with Crippen molar-refractivity contribution in [1.82, 2.24) is 0 Å². The number of benzene rings is 1. The molecule has 0 bridgehead atoms. The van der Waals surface area contributed by atoms with E-state index in [0.29, 0.717) is 28.5 Å². The van der Waals surface area contributed by atoms with Gasteiger partial charge in [-0.2, -0.15) is 0 Å². The number of esters is 1. The Morgan fingerprint density at radius 2 is 2.14 bits per heavy atom. The third kappa shape index (κ3) is 4.03. The predicted octanol–water partition coefficient (Wildman–Crippen LogP) is 4.08. The quantitative estimate of drug-likeness (QED) is 0.633. The van der Waals surface area contributed by atoms with Crippen molar-refractivity contribution in [2.45, 2.75) is 6.42 Å². The largest absolute Gasteiger partial charge is 0.465 e. The number of methoxy groups -OCH3 is 1. The highest BCUT2D eigenvalue weighted by atomic mass is 35.5. The average Bonchev–Trinajstić information content (AvgIpc) is 2.85. The molecule has 0 amide bonds. The van der Waals surface area contributed by atoms with E-state index in [-0.39, 0.29) is 0 Å². The second-order valence-electron chi connectivity index (χ2n) is 4.30. The van der Waals surface area contributed by atoms with Gasteiger partial charge in [0.15, 0.2) is 0 Å². The summed E-state index contributed by atoms with van der Waals surface area (Å²) < 4.78 is 5.50. The Morgan fingerprint density at radius 1 is 1.38 bits per heavy atom. The first-order valence-electron chi connectivity index (χ1n) is 6.16. The van der Waals surface area contributed by atoms with Gasteiger partial charge >= 0.3 is 5.97 Å². The summed E-state index contributed by atoms with van der Waals surface area (Å²) in [5.74, 6) is -0.481. The second-order valence-corrected chi connectivity index (χ2v) is 6.51. The number of hydrogen-bond acceptors (Lipinski definition) is 5. The molecule has 0 radical (unpaired) electrons. The summed E-state index contributed by atoms with van der Waals surface area (Å²) in [5, 5.41) is 3.55. The number of hydrogen-bond donors (Lipinski definition) is 2. The van der Waals surface area contributed by atoms with Crippen molar-refractivity contribution in [3.8, 4) is 0 Å². The minimum atomic E-state index is -0.481. The molecule has 7 heteroatoms. The van der Waals surface area contributed by atoms with E-state index in [0.717, 1.165) is 15.6 Å². The molecule has 0 atom stereocenters. The van der Waals surface area contributed by atoms with Crippen LogP contribution >= 0.6 is 34.5 Å². The first kappa shape index (κ1) is 15.9. The third-order valence-corrected chi connectivity index (χ3v) is 4.41. The Hall–Kier alpha value is -1.43. The Balaban J connectivity index is 2.13. The molecule has 0 aliphatic rings. The van der Waals surface area contributed by atoms with Gasteiger partial charge in [0.1, 0.15) is 0 Å². The molecule has 21 heavy (non-hydrogen) atoms. The lowest BCUT2D eigenvalue weighted by atomic mass is 10.1. The van der Waals surface area contributed by atoms with Crippen LogP contribution in [0.4, 0.5) is 11.4 Å². The number of rotatable bonds is 5. The summed E-state index contributed by atoms with van der Waals surface area (Å²) in [4.78, 5) is 12.9. The summed E-state index contributed by atoms with van der Waals surface area (Å²) in [7, 11) is 1.32. The van der Waals surface area contributed by atoms with Gasteiger partial charge in [0.05, 0.1) is 27.7 Å². The molecular weight excluding hydrogens is 331 g/mol. The molecule has 0 saturated carbocycles. The maximum absolute atomic E-state index is 11.8. The Morgan fingerprint density at radius 3 is 2.76 bits per heavy atom. The fraction of sp³-hybridized carbons (Fsp3) is 0.214. The molecule has 2 aromatic rings. The smallest absolute Gasteiger partial charge is 0.340 e. The summed E-state index contributed by atoms with van der Waals surface area (Å²) in [6, 6.07) is 6.97. The Bertz CT molecular complexity index is 658. The molecule has 2 rings (SSSR count). The van der Waals surface area contributed by atoms with E-state index >= 15 is 0 Å². The molecule has 0 spiro atoms. The standard InChI is InChI=1S/C14H14Cl2N2O2S/c1-20-14(19)10-6-8(17)7-11(15)13(10)18-5-4-9-2-3-12(16)21-9/h2-3,6-7,18H,4-5,17H2,1H3. The number of carbonyl (C=O) groups excluding carboxylic acids is 1. The minimum absolute atomic E-state index is 0.326. The van der Waals surface area contributed by atoms with E-state index < -0.39 is 5.97 Å². The highest BCUT2D eigenvalue weighted by molar-refractivity contribution is 7.16. The third-order valence-electron chi connectivity index (χ3n) is 2.82. The second kappa shape index (κ2) is 7.02. The number of ether oxygens (including phenoxy) is 1. The van der Waals surface area contributed by atoms with Crippen molar-refractivity contribution in [3.05, 3.63) is 44.1 Å². The van der Waals surface area contributed by atoms with Crippen LogP contribution in [0.2, 0.25) is 9.36 Å². The van der Waals surface area contributed by atoms with Gasteiger partial charge in [-0.05, 0) is 30.7 Å². The van der Waals surface area contributed by atoms with Crippen molar-refractivity contribution in [2.24, 2.45) is 0 Å². The lowest BCUT2D eigenvalue weighted by Crippen LogP contribution is -2.11. The summed E-state index contributed by atoms with van der Waals surface area (Å²) in [6.07, 6.45) is 0.776. The zero-order valence-electron chi connectivity index (χ0n) is 11.3.